The van der Waals surface area contributed by atoms with Crippen molar-refractivity contribution in [1.82, 2.24) is 25.1 Å². The fraction of sp³-hybridized carbons (Fsp3) is 0.667. The maximum Gasteiger partial charge on any atom is 0.234 e. The average molecular weight is 489 g/mol. The number of anilines is 1. The Bertz CT molecular complexity index is 996. The van der Waals surface area contributed by atoms with Crippen molar-refractivity contribution in [3.05, 3.63) is 16.8 Å². The summed E-state index contributed by atoms with van der Waals surface area (Å²) < 4.78 is 5.00. The highest BCUT2D eigenvalue weighted by Gasteiger charge is 2.31. The highest BCUT2D eigenvalue weighted by Crippen LogP contribution is 2.35. The van der Waals surface area contributed by atoms with Gasteiger partial charge in [-0.1, -0.05) is 0 Å². The van der Waals surface area contributed by atoms with Gasteiger partial charge in [0.2, 0.25) is 11.8 Å². The largest absolute Gasteiger partial charge is 0.385 e. The Labute approximate surface area is 205 Å². The number of amides is 2. The third-order valence-corrected chi connectivity index (χ3v) is 8.10. The monoisotopic (exact) mass is 488 g/mol. The highest BCUT2D eigenvalue weighted by atomic mass is 32.1. The molecule has 34 heavy (non-hydrogen) atoms. The summed E-state index contributed by atoms with van der Waals surface area (Å²) >= 11 is 1.72. The van der Waals surface area contributed by atoms with Crippen molar-refractivity contribution >= 4 is 39.2 Å². The van der Waals surface area contributed by atoms with E-state index in [1.807, 2.05) is 4.90 Å². The number of carbonyl (C=O) groups excluding carboxylic acids is 2. The average Bonchev–Trinajstić information content (AvgIpc) is 3.15. The van der Waals surface area contributed by atoms with E-state index in [1.54, 1.807) is 24.8 Å². The molecule has 2 amide bonds. The number of rotatable bonds is 8. The van der Waals surface area contributed by atoms with E-state index in [0.29, 0.717) is 32.8 Å². The number of carbonyl (C=O) groups is 2. The lowest BCUT2D eigenvalue weighted by atomic mass is 9.94. The van der Waals surface area contributed by atoms with Crippen LogP contribution >= 0.6 is 11.3 Å². The summed E-state index contributed by atoms with van der Waals surface area (Å²) in [6.07, 6.45) is 4.16. The molecule has 4 rings (SSSR count). The van der Waals surface area contributed by atoms with E-state index in [9.17, 15) is 9.59 Å². The first-order chi connectivity index (χ1) is 16.5. The second-order valence-electron chi connectivity index (χ2n) is 9.22. The van der Waals surface area contributed by atoms with Crippen molar-refractivity contribution in [2.45, 2.75) is 33.1 Å². The van der Waals surface area contributed by atoms with Gasteiger partial charge < -0.3 is 19.9 Å². The molecule has 2 aliphatic heterocycles. The van der Waals surface area contributed by atoms with Gasteiger partial charge in [0.05, 0.1) is 11.9 Å². The molecule has 4 heterocycles. The van der Waals surface area contributed by atoms with Gasteiger partial charge in [0.15, 0.2) is 0 Å². The lowest BCUT2D eigenvalue weighted by Gasteiger charge is -2.38. The van der Waals surface area contributed by atoms with Crippen molar-refractivity contribution in [3.63, 3.8) is 0 Å². The SMILES string of the molecule is COCCCNC(=O)CN1CCN(C(=O)C2CCN(c3ncnc4sc(C)c(C)c34)CC2)CC1. The van der Waals surface area contributed by atoms with Crippen LogP contribution in [0.1, 0.15) is 29.7 Å². The Balaban J connectivity index is 1.24. The number of fused-ring (bicyclic) bond motifs is 1. The smallest absolute Gasteiger partial charge is 0.234 e. The second kappa shape index (κ2) is 11.4. The van der Waals surface area contributed by atoms with E-state index in [-0.39, 0.29) is 17.7 Å². The molecule has 0 aromatic carbocycles. The van der Waals surface area contributed by atoms with Crippen LogP contribution in [0.2, 0.25) is 0 Å². The van der Waals surface area contributed by atoms with Crippen LogP contribution in [0.5, 0.6) is 0 Å². The molecule has 0 aliphatic carbocycles. The molecule has 2 aromatic heterocycles. The van der Waals surface area contributed by atoms with Gasteiger partial charge in [-0.2, -0.15) is 0 Å². The Kier molecular flexibility index (Phi) is 8.33. The van der Waals surface area contributed by atoms with Gasteiger partial charge in [0.25, 0.3) is 0 Å². The van der Waals surface area contributed by atoms with Gasteiger partial charge >= 0.3 is 0 Å². The number of piperazine rings is 1. The molecule has 0 bridgehead atoms. The molecule has 2 aromatic rings. The van der Waals surface area contributed by atoms with Crippen molar-refractivity contribution in [2.75, 3.05) is 71.0 Å². The molecular weight excluding hydrogens is 452 g/mol. The van der Waals surface area contributed by atoms with E-state index >= 15 is 0 Å². The standard InChI is InChI=1S/C24H36N6O3S/c1-17-18(2)34-23-21(17)22(26-16-27-23)29-8-5-19(6-9-29)24(32)30-12-10-28(11-13-30)15-20(31)25-7-4-14-33-3/h16,19H,4-15H2,1-3H3,(H,25,31). The number of piperidine rings is 1. The highest BCUT2D eigenvalue weighted by molar-refractivity contribution is 7.18. The summed E-state index contributed by atoms with van der Waals surface area (Å²) in [5.74, 6) is 1.37. The Morgan fingerprint density at radius 1 is 1.12 bits per heavy atom. The molecule has 0 spiro atoms. The number of thiophene rings is 1. The van der Waals surface area contributed by atoms with Crippen LogP contribution in [0.3, 0.4) is 0 Å². The lowest BCUT2D eigenvalue weighted by molar-refractivity contribution is -0.138. The molecule has 2 fully saturated rings. The van der Waals surface area contributed by atoms with Crippen LogP contribution in [0.25, 0.3) is 10.2 Å². The molecule has 0 radical (unpaired) electrons. The Morgan fingerprint density at radius 2 is 1.85 bits per heavy atom. The molecule has 2 saturated heterocycles. The van der Waals surface area contributed by atoms with Crippen LogP contribution in [-0.2, 0) is 14.3 Å². The number of nitrogens with one attached hydrogen (secondary N) is 1. The molecule has 0 saturated carbocycles. The van der Waals surface area contributed by atoms with Crippen molar-refractivity contribution in [3.8, 4) is 0 Å². The lowest BCUT2D eigenvalue weighted by Crippen LogP contribution is -2.53. The number of ether oxygens (including phenoxy) is 1. The van der Waals surface area contributed by atoms with E-state index in [1.165, 1.54) is 10.4 Å². The molecule has 10 heteroatoms. The molecule has 1 N–H and O–H groups in total. The fourth-order valence-corrected chi connectivity index (χ4v) is 5.82. The van der Waals surface area contributed by atoms with Crippen LogP contribution in [-0.4, -0.2) is 97.7 Å². The summed E-state index contributed by atoms with van der Waals surface area (Å²) in [7, 11) is 1.66. The quantitative estimate of drug-likeness (QED) is 0.567. The van der Waals surface area contributed by atoms with Crippen LogP contribution < -0.4 is 10.2 Å². The predicted molar refractivity (Wildman–Crippen MR) is 134 cm³/mol. The van der Waals surface area contributed by atoms with E-state index < -0.39 is 0 Å². The van der Waals surface area contributed by atoms with E-state index in [4.69, 9.17) is 4.74 Å². The summed E-state index contributed by atoms with van der Waals surface area (Å²) in [4.78, 5) is 43.1. The van der Waals surface area contributed by atoms with Crippen molar-refractivity contribution in [1.29, 1.82) is 0 Å². The van der Waals surface area contributed by atoms with Gasteiger partial charge in [-0.25, -0.2) is 9.97 Å². The van der Waals surface area contributed by atoms with E-state index in [2.05, 4.69) is 38.9 Å². The Morgan fingerprint density at radius 3 is 2.56 bits per heavy atom. The number of hydrogen-bond donors (Lipinski definition) is 1. The van der Waals surface area contributed by atoms with Crippen LogP contribution in [0, 0.1) is 19.8 Å². The normalized spacial score (nSPS) is 18.0. The molecule has 0 atom stereocenters. The summed E-state index contributed by atoms with van der Waals surface area (Å²) in [5, 5.41) is 4.09. The van der Waals surface area contributed by atoms with Gasteiger partial charge in [0.1, 0.15) is 17.0 Å². The van der Waals surface area contributed by atoms with Crippen molar-refractivity contribution in [2.24, 2.45) is 5.92 Å². The first-order valence-corrected chi connectivity index (χ1v) is 13.0. The van der Waals surface area contributed by atoms with Gasteiger partial charge in [-0.3, -0.25) is 14.5 Å². The maximum absolute atomic E-state index is 13.2. The Hall–Kier alpha value is -2.30. The van der Waals surface area contributed by atoms with Crippen LogP contribution in [0.15, 0.2) is 6.33 Å². The maximum atomic E-state index is 13.2. The topological polar surface area (TPSA) is 90.9 Å². The van der Waals surface area contributed by atoms with Gasteiger partial charge in [-0.15, -0.1) is 11.3 Å². The minimum absolute atomic E-state index is 0.0399. The van der Waals surface area contributed by atoms with E-state index in [0.717, 1.165) is 61.5 Å². The first kappa shape index (κ1) is 24.8. The zero-order valence-corrected chi connectivity index (χ0v) is 21.3. The zero-order valence-electron chi connectivity index (χ0n) is 20.5. The predicted octanol–water partition coefficient (Wildman–Crippen LogP) is 1.82. The second-order valence-corrected chi connectivity index (χ2v) is 10.4. The summed E-state index contributed by atoms with van der Waals surface area (Å²) in [6.45, 7) is 10.5. The summed E-state index contributed by atoms with van der Waals surface area (Å²) in [5.41, 5.74) is 1.26. The summed E-state index contributed by atoms with van der Waals surface area (Å²) in [6, 6.07) is 0. The molecule has 9 nitrogen and oxygen atoms in total. The number of hydrogen-bond acceptors (Lipinski definition) is 8. The fourth-order valence-electron chi connectivity index (χ4n) is 4.83. The molecule has 0 unspecified atom stereocenters. The molecular formula is C24H36N6O3S. The van der Waals surface area contributed by atoms with Gasteiger partial charge in [-0.05, 0) is 38.7 Å². The minimum Gasteiger partial charge on any atom is -0.385 e. The number of nitrogens with zero attached hydrogens (tertiary/aromatic N) is 5. The molecule has 2 aliphatic rings. The van der Waals surface area contributed by atoms with Crippen molar-refractivity contribution < 1.29 is 14.3 Å². The number of methoxy groups -OCH3 is 1. The minimum atomic E-state index is 0.0399. The third-order valence-electron chi connectivity index (χ3n) is 6.99. The van der Waals surface area contributed by atoms with Gasteiger partial charge in [0, 0.05) is 70.3 Å². The van der Waals surface area contributed by atoms with Crippen LogP contribution in [0.4, 0.5) is 5.82 Å². The zero-order chi connectivity index (χ0) is 24.1. The molecule has 186 valence electrons. The third kappa shape index (κ3) is 5.67. The first-order valence-electron chi connectivity index (χ1n) is 12.2. The number of aromatic nitrogens is 2. The number of aryl methyl sites for hydroxylation is 2.